The summed E-state index contributed by atoms with van der Waals surface area (Å²) in [7, 11) is 0. The first-order valence-electron chi connectivity index (χ1n) is 8.84. The van der Waals surface area contributed by atoms with E-state index in [0.29, 0.717) is 44.4 Å². The monoisotopic (exact) mass is 395 g/mol. The van der Waals surface area contributed by atoms with Gasteiger partial charge in [-0.05, 0) is 25.1 Å². The highest BCUT2D eigenvalue weighted by atomic mass is 19.4. The molecule has 0 atom stereocenters. The summed E-state index contributed by atoms with van der Waals surface area (Å²) < 4.78 is 38.7. The van der Waals surface area contributed by atoms with Gasteiger partial charge < -0.3 is 15.1 Å². The van der Waals surface area contributed by atoms with Crippen LogP contribution in [-0.4, -0.2) is 48.6 Å². The van der Waals surface area contributed by atoms with Crippen molar-refractivity contribution < 1.29 is 18.0 Å². The van der Waals surface area contributed by atoms with Gasteiger partial charge in [0, 0.05) is 44.6 Å². The lowest BCUT2D eigenvalue weighted by atomic mass is 10.1. The highest BCUT2D eigenvalue weighted by Gasteiger charge is 2.31. The van der Waals surface area contributed by atoms with Gasteiger partial charge in [0.2, 0.25) is 5.95 Å². The number of hydrogen-bond acceptors (Lipinski definition) is 5. The van der Waals surface area contributed by atoms with Gasteiger partial charge in [0.05, 0.1) is 5.56 Å². The van der Waals surface area contributed by atoms with E-state index >= 15 is 0 Å². The van der Waals surface area contributed by atoms with Crippen LogP contribution in [0.3, 0.4) is 0 Å². The number of halogens is 3. The van der Waals surface area contributed by atoms with E-state index in [0.717, 1.165) is 12.1 Å². The third-order valence-electron chi connectivity index (χ3n) is 4.49. The zero-order valence-corrected chi connectivity index (χ0v) is 15.2. The molecule has 0 spiro atoms. The number of hydrogen-bond donors (Lipinski definition) is 2. The van der Waals surface area contributed by atoms with Crippen LogP contribution in [0.1, 0.15) is 22.8 Å². The molecule has 1 aromatic heterocycles. The first-order valence-corrected chi connectivity index (χ1v) is 8.84. The first kappa shape index (κ1) is 19.7. The number of carbonyl (C=O) groups is 1. The van der Waals surface area contributed by atoms with Gasteiger partial charge >= 0.3 is 6.18 Å². The molecule has 0 saturated carbocycles. The fourth-order valence-electron chi connectivity index (χ4n) is 3.02. The van der Waals surface area contributed by atoms with Crippen molar-refractivity contribution in [3.63, 3.8) is 0 Å². The molecule has 1 fully saturated rings. The Bertz CT molecular complexity index is 905. The summed E-state index contributed by atoms with van der Waals surface area (Å²) in [5.74, 6) is -0.154. The number of carbonyl (C=O) groups excluding carboxylic acids is 1. The highest BCUT2D eigenvalue weighted by molar-refractivity contribution is 5.93. The van der Waals surface area contributed by atoms with Gasteiger partial charge in [-0.1, -0.05) is 6.07 Å². The molecule has 7 nitrogen and oxygen atoms in total. The number of aromatic amines is 1. The van der Waals surface area contributed by atoms with Crippen molar-refractivity contribution in [2.24, 2.45) is 0 Å². The lowest BCUT2D eigenvalue weighted by Gasteiger charge is -2.36. The van der Waals surface area contributed by atoms with Crippen molar-refractivity contribution in [1.82, 2.24) is 15.3 Å². The maximum absolute atomic E-state index is 12.9. The van der Waals surface area contributed by atoms with Crippen LogP contribution >= 0.6 is 0 Å². The predicted molar refractivity (Wildman–Crippen MR) is 98.7 cm³/mol. The van der Waals surface area contributed by atoms with Crippen molar-refractivity contribution in [2.75, 3.05) is 42.5 Å². The van der Waals surface area contributed by atoms with Gasteiger partial charge in [-0.25, -0.2) is 4.98 Å². The fourth-order valence-corrected chi connectivity index (χ4v) is 3.02. The van der Waals surface area contributed by atoms with Gasteiger partial charge in [-0.3, -0.25) is 14.6 Å². The van der Waals surface area contributed by atoms with Crippen LogP contribution in [-0.2, 0) is 6.18 Å². The van der Waals surface area contributed by atoms with Crippen LogP contribution in [0.25, 0.3) is 0 Å². The third kappa shape index (κ3) is 4.26. The van der Waals surface area contributed by atoms with Gasteiger partial charge in [0.25, 0.3) is 11.5 Å². The molecule has 150 valence electrons. The number of amides is 1. The summed E-state index contributed by atoms with van der Waals surface area (Å²) in [6.45, 7) is 4.04. The number of rotatable bonds is 4. The van der Waals surface area contributed by atoms with E-state index in [1.54, 1.807) is 13.0 Å². The van der Waals surface area contributed by atoms with Crippen molar-refractivity contribution in [2.45, 2.75) is 13.1 Å². The van der Waals surface area contributed by atoms with Gasteiger partial charge in [-0.2, -0.15) is 13.2 Å². The number of anilines is 2. The van der Waals surface area contributed by atoms with E-state index in [9.17, 15) is 22.8 Å². The lowest BCUT2D eigenvalue weighted by Crippen LogP contribution is -2.47. The Hall–Kier alpha value is -3.04. The molecule has 0 unspecified atom stereocenters. The molecule has 2 heterocycles. The minimum absolute atomic E-state index is 0.0619. The van der Waals surface area contributed by atoms with Crippen molar-refractivity contribution in [3.05, 3.63) is 51.9 Å². The SMILES string of the molecule is CCNC(=O)c1cnc(N2CCN(c3cccc(C(F)(F)F)c3)CC2)[nH]c1=O. The molecule has 10 heteroatoms. The number of nitrogens with zero attached hydrogens (tertiary/aromatic N) is 3. The zero-order valence-electron chi connectivity index (χ0n) is 15.2. The van der Waals surface area contributed by atoms with Crippen LogP contribution in [0.2, 0.25) is 0 Å². The molecule has 1 aromatic carbocycles. The lowest BCUT2D eigenvalue weighted by molar-refractivity contribution is -0.137. The molecular formula is C18H20F3N5O2. The van der Waals surface area contributed by atoms with Crippen molar-refractivity contribution in [1.29, 1.82) is 0 Å². The Morgan fingerprint density at radius 1 is 1.21 bits per heavy atom. The van der Waals surface area contributed by atoms with E-state index < -0.39 is 23.2 Å². The molecule has 0 bridgehead atoms. The molecular weight excluding hydrogens is 375 g/mol. The van der Waals surface area contributed by atoms with Crippen LogP contribution in [0, 0.1) is 0 Å². The molecule has 2 aromatic rings. The molecule has 0 aliphatic carbocycles. The van der Waals surface area contributed by atoms with E-state index in [1.165, 1.54) is 12.3 Å². The second-order valence-electron chi connectivity index (χ2n) is 6.33. The number of piperazine rings is 1. The summed E-state index contributed by atoms with van der Waals surface area (Å²) >= 11 is 0. The average molecular weight is 395 g/mol. The second-order valence-corrected chi connectivity index (χ2v) is 6.33. The van der Waals surface area contributed by atoms with Crippen LogP contribution in [0.15, 0.2) is 35.3 Å². The Labute approximate surface area is 159 Å². The number of benzene rings is 1. The quantitative estimate of drug-likeness (QED) is 0.826. The molecule has 2 N–H and O–H groups in total. The summed E-state index contributed by atoms with van der Waals surface area (Å²) in [5.41, 5.74) is -0.772. The summed E-state index contributed by atoms with van der Waals surface area (Å²) in [6.07, 6.45) is -3.15. The van der Waals surface area contributed by atoms with E-state index in [4.69, 9.17) is 0 Å². The zero-order chi connectivity index (χ0) is 20.3. The smallest absolute Gasteiger partial charge is 0.368 e. The number of H-pyrrole nitrogens is 1. The van der Waals surface area contributed by atoms with E-state index in [1.807, 2.05) is 9.80 Å². The number of aromatic nitrogens is 2. The summed E-state index contributed by atoms with van der Waals surface area (Å²) in [6, 6.07) is 5.22. The van der Waals surface area contributed by atoms with Gasteiger partial charge in [0.1, 0.15) is 5.56 Å². The van der Waals surface area contributed by atoms with Crippen LogP contribution in [0.5, 0.6) is 0 Å². The number of alkyl halides is 3. The standard InChI is InChI=1S/C18H20F3N5O2/c1-2-22-15(27)14-11-23-17(24-16(14)28)26-8-6-25(7-9-26)13-5-3-4-12(10-13)18(19,20)21/h3-5,10-11H,2,6-9H2,1H3,(H,22,27)(H,23,24,28). The predicted octanol–water partition coefficient (Wildman–Crippen LogP) is 1.86. The normalized spacial score (nSPS) is 14.9. The van der Waals surface area contributed by atoms with E-state index in [-0.39, 0.29) is 5.56 Å². The second kappa shape index (κ2) is 7.91. The maximum atomic E-state index is 12.9. The largest absolute Gasteiger partial charge is 0.416 e. The number of nitrogens with one attached hydrogen (secondary N) is 2. The molecule has 1 aliphatic heterocycles. The highest BCUT2D eigenvalue weighted by Crippen LogP contribution is 2.31. The Balaban J connectivity index is 1.68. The summed E-state index contributed by atoms with van der Waals surface area (Å²) in [4.78, 5) is 34.3. The van der Waals surface area contributed by atoms with Gasteiger partial charge in [-0.15, -0.1) is 0 Å². The van der Waals surface area contributed by atoms with Crippen LogP contribution in [0.4, 0.5) is 24.8 Å². The van der Waals surface area contributed by atoms with Crippen molar-refractivity contribution >= 4 is 17.5 Å². The Morgan fingerprint density at radius 2 is 1.89 bits per heavy atom. The molecule has 1 amide bonds. The minimum Gasteiger partial charge on any atom is -0.368 e. The minimum atomic E-state index is -4.38. The fraction of sp³-hybridized carbons (Fsp3) is 0.389. The van der Waals surface area contributed by atoms with Crippen LogP contribution < -0.4 is 20.7 Å². The molecule has 3 rings (SSSR count). The summed E-state index contributed by atoms with van der Waals surface area (Å²) in [5, 5.41) is 2.54. The molecule has 0 radical (unpaired) electrons. The van der Waals surface area contributed by atoms with Gasteiger partial charge in [0.15, 0.2) is 0 Å². The van der Waals surface area contributed by atoms with Crippen molar-refractivity contribution in [3.8, 4) is 0 Å². The maximum Gasteiger partial charge on any atom is 0.416 e. The Morgan fingerprint density at radius 3 is 2.50 bits per heavy atom. The first-order chi connectivity index (χ1) is 13.3. The average Bonchev–Trinajstić information content (AvgIpc) is 2.67. The molecule has 28 heavy (non-hydrogen) atoms. The molecule has 1 saturated heterocycles. The van der Waals surface area contributed by atoms with E-state index in [2.05, 4.69) is 15.3 Å². The Kier molecular flexibility index (Phi) is 5.57. The third-order valence-corrected chi connectivity index (χ3v) is 4.49. The topological polar surface area (TPSA) is 81.3 Å². The molecule has 1 aliphatic rings.